The van der Waals surface area contributed by atoms with Gasteiger partial charge in [0.15, 0.2) is 0 Å². The van der Waals surface area contributed by atoms with Gasteiger partial charge in [0.05, 0.1) is 5.69 Å². The number of halogens is 1. The molecule has 0 aromatic carbocycles. The molecule has 4 nitrogen and oxygen atoms in total. The lowest BCUT2D eigenvalue weighted by Crippen LogP contribution is -2.32. The predicted molar refractivity (Wildman–Crippen MR) is 84.2 cm³/mol. The Bertz CT molecular complexity index is 458. The molecule has 1 N–H and O–H groups in total. The summed E-state index contributed by atoms with van der Waals surface area (Å²) in [6, 6.07) is 1.91. The second-order valence-corrected chi connectivity index (χ2v) is 6.15. The highest BCUT2D eigenvalue weighted by Crippen LogP contribution is 2.32. The third kappa shape index (κ3) is 3.43. The van der Waals surface area contributed by atoms with E-state index >= 15 is 0 Å². The lowest BCUT2D eigenvalue weighted by molar-refractivity contribution is 0.0934. The third-order valence-corrected chi connectivity index (χ3v) is 5.10. The summed E-state index contributed by atoms with van der Waals surface area (Å²) in [5, 5.41) is 8.57. The van der Waals surface area contributed by atoms with E-state index in [0.29, 0.717) is 17.5 Å². The fourth-order valence-electron chi connectivity index (χ4n) is 2.97. The Morgan fingerprint density at radius 3 is 2.85 bits per heavy atom. The van der Waals surface area contributed by atoms with Gasteiger partial charge in [0.25, 0.3) is 5.91 Å². The maximum absolute atomic E-state index is 12.3. The number of carbonyl (C=O) groups is 1. The monoisotopic (exact) mass is 341 g/mol. The van der Waals surface area contributed by atoms with Crippen LogP contribution in [0.4, 0.5) is 0 Å². The first kappa shape index (κ1) is 15.5. The zero-order valence-electron chi connectivity index (χ0n) is 12.4. The van der Waals surface area contributed by atoms with Gasteiger partial charge in [-0.2, -0.15) is 5.10 Å². The van der Waals surface area contributed by atoms with Gasteiger partial charge in [0.2, 0.25) is 0 Å². The largest absolute Gasteiger partial charge is 0.350 e. The molecule has 1 aliphatic carbocycles. The standard InChI is InChI=1S/C15H24BrN3O/c1-3-13-8-14(19(4-2)18-13)15(20)17-10-12-7-5-6-11(12)9-16/h8,11-12H,3-7,9-10H2,1-2H3,(H,17,20). The van der Waals surface area contributed by atoms with Crippen molar-refractivity contribution in [2.45, 2.75) is 46.1 Å². The summed E-state index contributed by atoms with van der Waals surface area (Å²) in [5.74, 6) is 1.33. The Labute approximate surface area is 129 Å². The zero-order valence-corrected chi connectivity index (χ0v) is 13.9. The molecular weight excluding hydrogens is 318 g/mol. The first-order chi connectivity index (χ1) is 9.69. The van der Waals surface area contributed by atoms with Crippen molar-refractivity contribution in [3.63, 3.8) is 0 Å². The average Bonchev–Trinajstić information content (AvgIpc) is 3.10. The Morgan fingerprint density at radius 2 is 2.20 bits per heavy atom. The molecule has 0 spiro atoms. The molecule has 112 valence electrons. The molecule has 1 saturated carbocycles. The summed E-state index contributed by atoms with van der Waals surface area (Å²) >= 11 is 3.58. The molecule has 1 aliphatic rings. The van der Waals surface area contributed by atoms with Crippen molar-refractivity contribution in [2.24, 2.45) is 11.8 Å². The second-order valence-electron chi connectivity index (χ2n) is 5.51. The normalized spacial score (nSPS) is 22.1. The van der Waals surface area contributed by atoms with E-state index < -0.39 is 0 Å². The molecule has 1 amide bonds. The van der Waals surface area contributed by atoms with E-state index in [1.54, 1.807) is 4.68 Å². The predicted octanol–water partition coefficient (Wildman–Crippen LogP) is 3.01. The number of amides is 1. The summed E-state index contributed by atoms with van der Waals surface area (Å²) < 4.78 is 1.80. The molecule has 2 rings (SSSR count). The lowest BCUT2D eigenvalue weighted by Gasteiger charge is -2.17. The lowest BCUT2D eigenvalue weighted by atomic mass is 9.98. The van der Waals surface area contributed by atoms with Gasteiger partial charge >= 0.3 is 0 Å². The van der Waals surface area contributed by atoms with Crippen molar-refractivity contribution in [1.29, 1.82) is 0 Å². The van der Waals surface area contributed by atoms with Crippen LogP contribution in [0.15, 0.2) is 6.07 Å². The summed E-state index contributed by atoms with van der Waals surface area (Å²) in [4.78, 5) is 12.3. The Balaban J connectivity index is 1.96. The number of nitrogens with one attached hydrogen (secondary N) is 1. The van der Waals surface area contributed by atoms with Crippen LogP contribution in [0.5, 0.6) is 0 Å². The molecule has 1 aromatic heterocycles. The molecule has 1 heterocycles. The SMILES string of the molecule is CCc1cc(C(=O)NCC2CCCC2CBr)n(CC)n1. The van der Waals surface area contributed by atoms with Gasteiger partial charge in [-0.3, -0.25) is 9.48 Å². The molecule has 2 atom stereocenters. The van der Waals surface area contributed by atoms with Gasteiger partial charge in [0, 0.05) is 18.4 Å². The number of aromatic nitrogens is 2. The molecule has 2 unspecified atom stereocenters. The summed E-state index contributed by atoms with van der Waals surface area (Å²) in [7, 11) is 0. The van der Waals surface area contributed by atoms with Gasteiger partial charge in [-0.25, -0.2) is 0 Å². The molecule has 0 saturated heterocycles. The molecule has 20 heavy (non-hydrogen) atoms. The third-order valence-electron chi connectivity index (χ3n) is 4.26. The molecule has 0 aliphatic heterocycles. The van der Waals surface area contributed by atoms with E-state index in [9.17, 15) is 4.79 Å². The maximum atomic E-state index is 12.3. The maximum Gasteiger partial charge on any atom is 0.269 e. The van der Waals surface area contributed by atoms with Crippen LogP contribution >= 0.6 is 15.9 Å². The highest BCUT2D eigenvalue weighted by Gasteiger charge is 2.27. The van der Waals surface area contributed by atoms with Crippen LogP contribution in [0.25, 0.3) is 0 Å². The van der Waals surface area contributed by atoms with Crippen molar-refractivity contribution in [2.75, 3.05) is 11.9 Å². The minimum absolute atomic E-state index is 0.0132. The van der Waals surface area contributed by atoms with Gasteiger partial charge < -0.3 is 5.32 Å². The minimum atomic E-state index is 0.0132. The minimum Gasteiger partial charge on any atom is -0.350 e. The highest BCUT2D eigenvalue weighted by atomic mass is 79.9. The first-order valence-electron chi connectivity index (χ1n) is 7.60. The average molecular weight is 342 g/mol. The number of aryl methyl sites for hydroxylation is 2. The van der Waals surface area contributed by atoms with Crippen LogP contribution in [0.3, 0.4) is 0 Å². The van der Waals surface area contributed by atoms with Crippen molar-refractivity contribution >= 4 is 21.8 Å². The van der Waals surface area contributed by atoms with E-state index in [1.807, 2.05) is 13.0 Å². The number of alkyl halides is 1. The first-order valence-corrected chi connectivity index (χ1v) is 8.72. The second kappa shape index (κ2) is 7.25. The number of carbonyl (C=O) groups excluding carboxylic acids is 1. The zero-order chi connectivity index (χ0) is 14.5. The molecular formula is C15H24BrN3O. The Morgan fingerprint density at radius 1 is 1.45 bits per heavy atom. The molecule has 0 radical (unpaired) electrons. The molecule has 0 bridgehead atoms. The quantitative estimate of drug-likeness (QED) is 0.808. The Hall–Kier alpha value is -0.840. The highest BCUT2D eigenvalue weighted by molar-refractivity contribution is 9.09. The van der Waals surface area contributed by atoms with Crippen LogP contribution in [-0.4, -0.2) is 27.6 Å². The van der Waals surface area contributed by atoms with E-state index in [0.717, 1.165) is 30.5 Å². The number of nitrogens with zero attached hydrogens (tertiary/aromatic N) is 2. The Kier molecular flexibility index (Phi) is 5.64. The molecule has 1 aromatic rings. The van der Waals surface area contributed by atoms with E-state index in [4.69, 9.17) is 0 Å². The van der Waals surface area contributed by atoms with Crippen molar-refractivity contribution < 1.29 is 4.79 Å². The number of hydrogen-bond donors (Lipinski definition) is 1. The van der Waals surface area contributed by atoms with E-state index in [-0.39, 0.29) is 5.91 Å². The van der Waals surface area contributed by atoms with Gasteiger partial charge in [0.1, 0.15) is 5.69 Å². The molecule has 5 heteroatoms. The van der Waals surface area contributed by atoms with E-state index in [1.165, 1.54) is 19.3 Å². The van der Waals surface area contributed by atoms with Crippen molar-refractivity contribution in [3.05, 3.63) is 17.5 Å². The fraction of sp³-hybridized carbons (Fsp3) is 0.733. The van der Waals surface area contributed by atoms with Crippen molar-refractivity contribution in [1.82, 2.24) is 15.1 Å². The number of hydrogen-bond acceptors (Lipinski definition) is 2. The summed E-state index contributed by atoms with van der Waals surface area (Å²) in [6.45, 7) is 5.59. The van der Waals surface area contributed by atoms with Crippen molar-refractivity contribution in [3.8, 4) is 0 Å². The topological polar surface area (TPSA) is 46.9 Å². The van der Waals surface area contributed by atoms with Crippen LogP contribution in [0.2, 0.25) is 0 Å². The summed E-state index contributed by atoms with van der Waals surface area (Å²) in [5.41, 5.74) is 1.67. The van der Waals surface area contributed by atoms with Crippen LogP contribution in [0.1, 0.15) is 49.3 Å². The van der Waals surface area contributed by atoms with E-state index in [2.05, 4.69) is 33.3 Å². The number of rotatable bonds is 6. The van der Waals surface area contributed by atoms with Gasteiger partial charge in [-0.05, 0) is 44.1 Å². The smallest absolute Gasteiger partial charge is 0.269 e. The summed E-state index contributed by atoms with van der Waals surface area (Å²) in [6.07, 6.45) is 4.65. The van der Waals surface area contributed by atoms with Crippen LogP contribution in [-0.2, 0) is 13.0 Å². The van der Waals surface area contributed by atoms with Gasteiger partial charge in [-0.15, -0.1) is 0 Å². The fourth-order valence-corrected chi connectivity index (χ4v) is 3.82. The van der Waals surface area contributed by atoms with Crippen LogP contribution < -0.4 is 5.32 Å². The van der Waals surface area contributed by atoms with Gasteiger partial charge in [-0.1, -0.05) is 29.3 Å². The molecule has 1 fully saturated rings. The van der Waals surface area contributed by atoms with Crippen LogP contribution in [0, 0.1) is 11.8 Å².